The molecule has 0 aromatic heterocycles. The maximum Gasteiger partial charge on any atom is 0.264 e. The first kappa shape index (κ1) is 32.4. The van der Waals surface area contributed by atoms with Gasteiger partial charge in [-0.15, -0.1) is 0 Å². The highest BCUT2D eigenvalue weighted by molar-refractivity contribution is 7.92. The number of para-hydroxylation sites is 1. The fraction of sp³-hybridized carbons (Fsp3) is 0.355. The average Bonchev–Trinajstić information content (AvgIpc) is 2.92. The van der Waals surface area contributed by atoms with Crippen LogP contribution in [0.1, 0.15) is 52.2 Å². The van der Waals surface area contributed by atoms with Crippen molar-refractivity contribution in [1.82, 2.24) is 10.2 Å². The lowest BCUT2D eigenvalue weighted by Gasteiger charge is -2.35. The molecule has 0 saturated heterocycles. The molecule has 10 heteroatoms. The van der Waals surface area contributed by atoms with Gasteiger partial charge in [0.05, 0.1) is 10.6 Å². The summed E-state index contributed by atoms with van der Waals surface area (Å²) in [4.78, 5) is 29.1. The molecule has 0 saturated carbocycles. The van der Waals surface area contributed by atoms with Crippen molar-refractivity contribution in [2.45, 2.75) is 70.5 Å². The minimum atomic E-state index is -4.15. The van der Waals surface area contributed by atoms with Crippen LogP contribution in [-0.2, 0) is 32.6 Å². The number of nitrogens with zero attached hydrogens (tertiary/aromatic N) is 2. The molecule has 1 N–H and O–H groups in total. The van der Waals surface area contributed by atoms with Crippen LogP contribution in [0, 0.1) is 0 Å². The second kappa shape index (κ2) is 13.7. The third kappa shape index (κ3) is 8.03. The molecule has 0 fully saturated rings. The van der Waals surface area contributed by atoms with Gasteiger partial charge in [-0.2, -0.15) is 0 Å². The number of rotatable bonds is 11. The van der Waals surface area contributed by atoms with Gasteiger partial charge >= 0.3 is 0 Å². The lowest BCUT2D eigenvalue weighted by molar-refractivity contribution is -0.141. The summed E-state index contributed by atoms with van der Waals surface area (Å²) in [6, 6.07) is 19.2. The number of carbonyl (C=O) groups excluding carboxylic acids is 2. The van der Waals surface area contributed by atoms with Gasteiger partial charge in [-0.25, -0.2) is 8.42 Å². The Morgan fingerprint density at radius 2 is 1.46 bits per heavy atom. The van der Waals surface area contributed by atoms with E-state index in [1.165, 1.54) is 17.0 Å². The third-order valence-electron chi connectivity index (χ3n) is 6.53. The summed E-state index contributed by atoms with van der Waals surface area (Å²) >= 11 is 13.0. The molecule has 1 atom stereocenters. The van der Waals surface area contributed by atoms with Gasteiger partial charge < -0.3 is 10.2 Å². The summed E-state index contributed by atoms with van der Waals surface area (Å²) < 4.78 is 29.2. The predicted octanol–water partition coefficient (Wildman–Crippen LogP) is 6.47. The Kier molecular flexibility index (Phi) is 10.9. The van der Waals surface area contributed by atoms with Crippen molar-refractivity contribution in [3.63, 3.8) is 0 Å². The molecule has 41 heavy (non-hydrogen) atoms. The van der Waals surface area contributed by atoms with Gasteiger partial charge in [-0.1, -0.05) is 79.5 Å². The monoisotopic (exact) mass is 617 g/mol. The second-order valence-electron chi connectivity index (χ2n) is 10.7. The van der Waals surface area contributed by atoms with Crippen LogP contribution in [0.15, 0.2) is 77.7 Å². The van der Waals surface area contributed by atoms with E-state index in [0.29, 0.717) is 27.7 Å². The summed E-state index contributed by atoms with van der Waals surface area (Å²) in [6.07, 6.45) is 0.836. The molecule has 3 rings (SSSR count). The molecule has 0 aliphatic rings. The van der Waals surface area contributed by atoms with Crippen molar-refractivity contribution in [1.29, 1.82) is 0 Å². The first-order chi connectivity index (χ1) is 19.3. The standard InChI is InChI=1S/C31H37Cl2N3O4S/c1-6-22-14-11-12-19-28(22)36(41(39,40)23-15-9-8-10-16-23)21-29(37)35(20-24-25(32)17-13-18-26(24)33)27(7-2)30(38)34-31(3,4)5/h8-19,27H,6-7,20-21H2,1-5H3,(H,34,38)/t27-/m0/s1. The molecule has 3 aromatic carbocycles. The van der Waals surface area contributed by atoms with E-state index < -0.39 is 34.1 Å². The van der Waals surface area contributed by atoms with E-state index in [2.05, 4.69) is 5.32 Å². The van der Waals surface area contributed by atoms with Crippen LogP contribution in [0.25, 0.3) is 0 Å². The summed E-state index contributed by atoms with van der Waals surface area (Å²) in [5.74, 6) is -0.926. The number of hydrogen-bond acceptors (Lipinski definition) is 4. The number of halogens is 2. The van der Waals surface area contributed by atoms with E-state index in [1.54, 1.807) is 55.5 Å². The van der Waals surface area contributed by atoms with Crippen molar-refractivity contribution < 1.29 is 18.0 Å². The largest absolute Gasteiger partial charge is 0.350 e. The van der Waals surface area contributed by atoms with Gasteiger partial charge in [0, 0.05) is 27.7 Å². The minimum absolute atomic E-state index is 0.0527. The third-order valence-corrected chi connectivity index (χ3v) is 9.01. The van der Waals surface area contributed by atoms with E-state index in [9.17, 15) is 18.0 Å². The Labute approximate surface area is 253 Å². The molecule has 0 aliphatic carbocycles. The highest BCUT2D eigenvalue weighted by Crippen LogP contribution is 2.30. The van der Waals surface area contributed by atoms with Crippen LogP contribution in [0.4, 0.5) is 5.69 Å². The van der Waals surface area contributed by atoms with Gasteiger partial charge in [-0.05, 0) is 69.5 Å². The number of amides is 2. The molecular formula is C31H37Cl2N3O4S. The van der Waals surface area contributed by atoms with Crippen LogP contribution in [0.2, 0.25) is 10.0 Å². The van der Waals surface area contributed by atoms with Gasteiger partial charge in [0.2, 0.25) is 11.8 Å². The molecule has 0 bridgehead atoms. The number of hydrogen-bond donors (Lipinski definition) is 1. The maximum atomic E-state index is 14.3. The van der Waals surface area contributed by atoms with Crippen molar-refractivity contribution >= 4 is 50.7 Å². The number of carbonyl (C=O) groups is 2. The van der Waals surface area contributed by atoms with Crippen LogP contribution in [0.3, 0.4) is 0 Å². The maximum absolute atomic E-state index is 14.3. The normalized spacial score (nSPS) is 12.5. The highest BCUT2D eigenvalue weighted by atomic mass is 35.5. The summed E-state index contributed by atoms with van der Waals surface area (Å²) in [5, 5.41) is 3.63. The minimum Gasteiger partial charge on any atom is -0.350 e. The highest BCUT2D eigenvalue weighted by Gasteiger charge is 2.35. The van der Waals surface area contributed by atoms with Crippen molar-refractivity contribution in [2.75, 3.05) is 10.8 Å². The van der Waals surface area contributed by atoms with Gasteiger partial charge in [0.25, 0.3) is 10.0 Å². The topological polar surface area (TPSA) is 86.8 Å². The zero-order chi connectivity index (χ0) is 30.4. The summed E-state index contributed by atoms with van der Waals surface area (Å²) in [6.45, 7) is 8.66. The van der Waals surface area contributed by atoms with Crippen molar-refractivity contribution in [2.24, 2.45) is 0 Å². The number of nitrogens with one attached hydrogen (secondary N) is 1. The van der Waals surface area contributed by atoms with Crippen molar-refractivity contribution in [3.05, 3.63) is 94.0 Å². The zero-order valence-corrected chi connectivity index (χ0v) is 26.4. The number of anilines is 1. The lowest BCUT2D eigenvalue weighted by atomic mass is 10.1. The second-order valence-corrected chi connectivity index (χ2v) is 13.4. The lowest BCUT2D eigenvalue weighted by Crippen LogP contribution is -2.55. The first-order valence-corrected chi connectivity index (χ1v) is 15.7. The smallest absolute Gasteiger partial charge is 0.264 e. The fourth-order valence-corrected chi connectivity index (χ4v) is 6.50. The molecule has 0 radical (unpaired) electrons. The van der Waals surface area contributed by atoms with E-state index >= 15 is 0 Å². The van der Waals surface area contributed by atoms with Crippen LogP contribution >= 0.6 is 23.2 Å². The zero-order valence-electron chi connectivity index (χ0n) is 24.0. The van der Waals surface area contributed by atoms with Gasteiger partial charge in [0.15, 0.2) is 0 Å². The molecule has 0 aliphatic heterocycles. The van der Waals surface area contributed by atoms with Crippen molar-refractivity contribution in [3.8, 4) is 0 Å². The quantitative estimate of drug-likeness (QED) is 0.267. The van der Waals surface area contributed by atoms with Crippen LogP contribution < -0.4 is 9.62 Å². The molecular weight excluding hydrogens is 581 g/mol. The fourth-order valence-electron chi connectivity index (χ4n) is 4.51. The summed E-state index contributed by atoms with van der Waals surface area (Å²) in [5.41, 5.74) is 1.08. The Morgan fingerprint density at radius 1 is 0.878 bits per heavy atom. The van der Waals surface area contributed by atoms with E-state index in [1.807, 2.05) is 39.8 Å². The number of sulfonamides is 1. The molecule has 0 spiro atoms. The number of benzene rings is 3. The molecule has 2 amide bonds. The predicted molar refractivity (Wildman–Crippen MR) is 166 cm³/mol. The molecule has 3 aromatic rings. The van der Waals surface area contributed by atoms with Gasteiger partial charge in [0.1, 0.15) is 12.6 Å². The molecule has 7 nitrogen and oxygen atoms in total. The molecule has 0 heterocycles. The SMILES string of the molecule is CCc1ccccc1N(CC(=O)N(Cc1c(Cl)cccc1Cl)[C@@H](CC)C(=O)NC(C)(C)C)S(=O)(=O)c1ccccc1. The number of aryl methyl sites for hydroxylation is 1. The first-order valence-electron chi connectivity index (χ1n) is 13.5. The van der Waals surface area contributed by atoms with E-state index in [0.717, 1.165) is 9.87 Å². The Hall–Kier alpha value is -3.07. The van der Waals surface area contributed by atoms with E-state index in [4.69, 9.17) is 23.2 Å². The Bertz CT molecular complexity index is 1450. The Morgan fingerprint density at radius 3 is 2.02 bits per heavy atom. The van der Waals surface area contributed by atoms with Gasteiger partial charge in [-0.3, -0.25) is 13.9 Å². The molecule has 220 valence electrons. The van der Waals surface area contributed by atoms with E-state index in [-0.39, 0.29) is 23.8 Å². The Balaban J connectivity index is 2.14. The van der Waals surface area contributed by atoms with Crippen LogP contribution in [0.5, 0.6) is 0 Å². The molecule has 0 unspecified atom stereocenters. The van der Waals surface area contributed by atoms with Crippen LogP contribution in [-0.4, -0.2) is 43.3 Å². The average molecular weight is 619 g/mol. The summed E-state index contributed by atoms with van der Waals surface area (Å²) in [7, 11) is -4.15.